The molecule has 0 fully saturated rings. The maximum Gasteiger partial charge on any atom is 0.323 e. The number of nitrogens with zero attached hydrogens (tertiary/aromatic N) is 2. The van der Waals surface area contributed by atoms with Crippen molar-refractivity contribution < 1.29 is 19.4 Å². The van der Waals surface area contributed by atoms with Crippen LogP contribution in [0.3, 0.4) is 0 Å². The minimum absolute atomic E-state index is 0.189. The van der Waals surface area contributed by atoms with Crippen LogP contribution < -0.4 is 0 Å². The number of carbonyl (C=O) groups is 2. The predicted octanol–water partition coefficient (Wildman–Crippen LogP) is -0.502. The lowest BCUT2D eigenvalue weighted by atomic mass is 10.3. The van der Waals surface area contributed by atoms with Crippen LogP contribution in [-0.4, -0.2) is 74.2 Å². The van der Waals surface area contributed by atoms with Crippen LogP contribution in [0, 0.1) is 0 Å². The third kappa shape index (κ3) is 7.19. The molecule has 0 heterocycles. The first kappa shape index (κ1) is 14.9. The highest BCUT2D eigenvalue weighted by molar-refractivity contribution is 5.81. The Labute approximate surface area is 95.8 Å². The summed E-state index contributed by atoms with van der Waals surface area (Å²) in [6.07, 6.45) is 0.219. The number of carboxylic acid groups (broad SMARTS) is 1. The normalized spacial score (nSPS) is 10.5. The molecule has 0 bridgehead atoms. The van der Waals surface area contributed by atoms with E-state index < -0.39 is 5.97 Å². The van der Waals surface area contributed by atoms with Gasteiger partial charge in [-0.1, -0.05) is 0 Å². The molecule has 0 radical (unpaired) electrons. The number of hydrogen-bond acceptors (Lipinski definition) is 4. The summed E-state index contributed by atoms with van der Waals surface area (Å²) >= 11 is 0. The number of aliphatic carboxylic acids is 1. The number of ether oxygens (including phenoxy) is 1. The van der Waals surface area contributed by atoms with Crippen LogP contribution in [0.4, 0.5) is 0 Å². The van der Waals surface area contributed by atoms with E-state index >= 15 is 0 Å². The molecule has 0 spiro atoms. The lowest BCUT2D eigenvalue weighted by molar-refractivity contribution is -0.144. The quantitative estimate of drug-likeness (QED) is 0.611. The maximum atomic E-state index is 11.6. The van der Waals surface area contributed by atoms with Crippen molar-refractivity contribution in [2.75, 3.05) is 47.4 Å². The van der Waals surface area contributed by atoms with Crippen LogP contribution in [0.15, 0.2) is 0 Å². The number of likely N-dealkylation sites (N-methyl/N-ethyl adjacent to an activating group) is 1. The highest BCUT2D eigenvalue weighted by atomic mass is 16.5. The van der Waals surface area contributed by atoms with Crippen molar-refractivity contribution >= 4 is 11.9 Å². The van der Waals surface area contributed by atoms with E-state index in [-0.39, 0.29) is 18.9 Å². The molecule has 0 unspecified atom stereocenters. The molecule has 0 saturated carbocycles. The first-order valence-electron chi connectivity index (χ1n) is 5.10. The van der Waals surface area contributed by atoms with E-state index in [1.807, 2.05) is 19.0 Å². The second-order valence-corrected chi connectivity index (χ2v) is 3.76. The van der Waals surface area contributed by atoms with Crippen LogP contribution in [-0.2, 0) is 14.3 Å². The lowest BCUT2D eigenvalue weighted by Crippen LogP contribution is -2.40. The molecule has 94 valence electrons. The first-order valence-corrected chi connectivity index (χ1v) is 5.10. The van der Waals surface area contributed by atoms with Gasteiger partial charge in [-0.25, -0.2) is 0 Å². The Kier molecular flexibility index (Phi) is 7.49. The maximum absolute atomic E-state index is 11.6. The molecule has 6 heteroatoms. The van der Waals surface area contributed by atoms with Crippen LogP contribution in [0.1, 0.15) is 6.42 Å². The molecule has 0 aliphatic rings. The third-order valence-electron chi connectivity index (χ3n) is 2.02. The minimum Gasteiger partial charge on any atom is -0.480 e. The van der Waals surface area contributed by atoms with Gasteiger partial charge in [-0.2, -0.15) is 0 Å². The van der Waals surface area contributed by atoms with Crippen LogP contribution in [0.2, 0.25) is 0 Å². The Bertz CT molecular complexity index is 231. The molecular formula is C10H20N2O4. The van der Waals surface area contributed by atoms with E-state index in [0.29, 0.717) is 19.7 Å². The van der Waals surface area contributed by atoms with Gasteiger partial charge in [0.15, 0.2) is 0 Å². The standard InChI is InChI=1S/C10H20N2O4/c1-11(2)5-6-12(8-10(14)15)9(13)4-7-16-3/h4-8H2,1-3H3,(H,14,15). The van der Waals surface area contributed by atoms with Gasteiger partial charge >= 0.3 is 5.97 Å². The van der Waals surface area contributed by atoms with Gasteiger partial charge < -0.3 is 19.6 Å². The summed E-state index contributed by atoms with van der Waals surface area (Å²) in [6, 6.07) is 0. The average Bonchev–Trinajstić information content (AvgIpc) is 2.19. The molecule has 1 N–H and O–H groups in total. The Hall–Kier alpha value is -1.14. The van der Waals surface area contributed by atoms with E-state index in [4.69, 9.17) is 9.84 Å². The Morgan fingerprint density at radius 1 is 1.25 bits per heavy atom. The second-order valence-electron chi connectivity index (χ2n) is 3.76. The predicted molar refractivity (Wildman–Crippen MR) is 59.3 cm³/mol. The molecule has 0 aliphatic heterocycles. The van der Waals surface area contributed by atoms with E-state index in [1.54, 1.807) is 0 Å². The number of hydrogen-bond donors (Lipinski definition) is 1. The summed E-state index contributed by atoms with van der Waals surface area (Å²) in [5.41, 5.74) is 0. The van der Waals surface area contributed by atoms with Gasteiger partial charge in [-0.3, -0.25) is 9.59 Å². The van der Waals surface area contributed by atoms with Crippen LogP contribution in [0.5, 0.6) is 0 Å². The zero-order valence-electron chi connectivity index (χ0n) is 10.1. The van der Waals surface area contributed by atoms with Gasteiger partial charge in [0.1, 0.15) is 6.54 Å². The third-order valence-corrected chi connectivity index (χ3v) is 2.02. The molecule has 6 nitrogen and oxygen atoms in total. The number of carboxylic acids is 1. The van der Waals surface area contributed by atoms with E-state index in [2.05, 4.69) is 0 Å². The van der Waals surface area contributed by atoms with Gasteiger partial charge in [0, 0.05) is 20.2 Å². The molecular weight excluding hydrogens is 212 g/mol. The lowest BCUT2D eigenvalue weighted by Gasteiger charge is -2.22. The molecule has 0 rings (SSSR count). The molecule has 16 heavy (non-hydrogen) atoms. The summed E-state index contributed by atoms with van der Waals surface area (Å²) in [5, 5.41) is 8.68. The summed E-state index contributed by atoms with van der Waals surface area (Å²) in [5.74, 6) is -1.18. The van der Waals surface area contributed by atoms with Crippen molar-refractivity contribution in [1.82, 2.24) is 9.80 Å². The summed E-state index contributed by atoms with van der Waals surface area (Å²) in [7, 11) is 5.26. The highest BCUT2D eigenvalue weighted by Crippen LogP contribution is 1.96. The number of amides is 1. The fourth-order valence-corrected chi connectivity index (χ4v) is 1.12. The van der Waals surface area contributed by atoms with Gasteiger partial charge in [-0.05, 0) is 14.1 Å². The zero-order valence-corrected chi connectivity index (χ0v) is 10.1. The fourth-order valence-electron chi connectivity index (χ4n) is 1.12. The van der Waals surface area contributed by atoms with E-state index in [9.17, 15) is 9.59 Å². The highest BCUT2D eigenvalue weighted by Gasteiger charge is 2.16. The topological polar surface area (TPSA) is 70.1 Å². The van der Waals surface area contributed by atoms with Crippen molar-refractivity contribution in [2.45, 2.75) is 6.42 Å². The SMILES string of the molecule is COCCC(=O)N(CCN(C)C)CC(=O)O. The zero-order chi connectivity index (χ0) is 12.6. The van der Waals surface area contributed by atoms with E-state index in [1.165, 1.54) is 12.0 Å². The van der Waals surface area contributed by atoms with Gasteiger partial charge in [0.25, 0.3) is 0 Å². The molecule has 0 aromatic carbocycles. The number of carbonyl (C=O) groups excluding carboxylic acids is 1. The van der Waals surface area contributed by atoms with Crippen LogP contribution >= 0.6 is 0 Å². The minimum atomic E-state index is -0.996. The molecule has 0 aliphatic carbocycles. The molecule has 0 saturated heterocycles. The van der Waals surface area contributed by atoms with Crippen LogP contribution in [0.25, 0.3) is 0 Å². The largest absolute Gasteiger partial charge is 0.480 e. The van der Waals surface area contributed by atoms with E-state index in [0.717, 1.165) is 0 Å². The number of methoxy groups -OCH3 is 1. The molecule has 0 aromatic heterocycles. The van der Waals surface area contributed by atoms with Crippen molar-refractivity contribution in [3.8, 4) is 0 Å². The Morgan fingerprint density at radius 3 is 2.31 bits per heavy atom. The molecule has 0 atom stereocenters. The molecule has 1 amide bonds. The van der Waals surface area contributed by atoms with Crippen molar-refractivity contribution in [2.24, 2.45) is 0 Å². The van der Waals surface area contributed by atoms with Crippen molar-refractivity contribution in [3.63, 3.8) is 0 Å². The first-order chi connectivity index (χ1) is 7.47. The van der Waals surface area contributed by atoms with Gasteiger partial charge in [0.05, 0.1) is 13.0 Å². The Morgan fingerprint density at radius 2 is 1.88 bits per heavy atom. The Balaban J connectivity index is 4.17. The fraction of sp³-hybridized carbons (Fsp3) is 0.800. The second kappa shape index (κ2) is 8.06. The number of rotatable bonds is 8. The van der Waals surface area contributed by atoms with Gasteiger partial charge in [-0.15, -0.1) is 0 Å². The monoisotopic (exact) mass is 232 g/mol. The summed E-state index contributed by atoms with van der Waals surface area (Å²) < 4.78 is 4.79. The van der Waals surface area contributed by atoms with Gasteiger partial charge in [0.2, 0.25) is 5.91 Å². The van der Waals surface area contributed by atoms with Crippen molar-refractivity contribution in [1.29, 1.82) is 0 Å². The molecule has 0 aromatic rings. The summed E-state index contributed by atoms with van der Waals surface area (Å²) in [4.78, 5) is 25.4. The average molecular weight is 232 g/mol. The smallest absolute Gasteiger partial charge is 0.323 e. The van der Waals surface area contributed by atoms with Crippen molar-refractivity contribution in [3.05, 3.63) is 0 Å². The summed E-state index contributed by atoms with van der Waals surface area (Å²) in [6.45, 7) is 1.13.